The van der Waals surface area contributed by atoms with Gasteiger partial charge in [-0.25, -0.2) is 0 Å². The number of likely N-dealkylation sites (tertiary alicyclic amines) is 1. The lowest BCUT2D eigenvalue weighted by molar-refractivity contribution is 0.0631. The Kier molecular flexibility index (Phi) is 5.01. The van der Waals surface area contributed by atoms with Crippen molar-refractivity contribution in [3.05, 3.63) is 88.9 Å². The molecule has 0 N–H and O–H groups in total. The highest BCUT2D eigenvalue weighted by Gasteiger charge is 2.37. The Morgan fingerprint density at radius 3 is 2.56 bits per heavy atom. The number of ether oxygens (including phenoxy) is 1. The molecule has 1 saturated heterocycles. The number of furan rings is 1. The Morgan fingerprint density at radius 2 is 1.84 bits per heavy atom. The summed E-state index contributed by atoms with van der Waals surface area (Å²) in [6.07, 6.45) is 3.28. The molecule has 2 aliphatic rings. The summed E-state index contributed by atoms with van der Waals surface area (Å²) in [5.41, 5.74) is 2.03. The van der Waals surface area contributed by atoms with E-state index in [4.69, 9.17) is 9.15 Å². The topological polar surface area (TPSA) is 80.1 Å². The largest absolute Gasteiger partial charge is 0.497 e. The van der Waals surface area contributed by atoms with E-state index in [0.29, 0.717) is 23.4 Å². The second kappa shape index (κ2) is 8.00. The first-order valence-electron chi connectivity index (χ1n) is 10.5. The maximum Gasteiger partial charge on any atom is 0.261 e. The number of methoxy groups -OCH3 is 1. The summed E-state index contributed by atoms with van der Waals surface area (Å²) < 4.78 is 10.5. The van der Waals surface area contributed by atoms with Crippen LogP contribution in [0.4, 0.5) is 0 Å². The van der Waals surface area contributed by atoms with Gasteiger partial charge in [0.25, 0.3) is 17.7 Å². The average molecular weight is 430 g/mol. The summed E-state index contributed by atoms with van der Waals surface area (Å²) >= 11 is 0. The third-order valence-corrected chi connectivity index (χ3v) is 6.13. The molecule has 7 nitrogen and oxygen atoms in total. The standard InChI is InChI=1S/C25H22N2O5/c1-31-18-9-6-16(7-10-18)22-5-2-12-26(22)23(28)17-8-11-20-21(14-17)25(30)27(24(20)29)15-19-4-3-13-32-19/h3-4,6-11,13-14,22H,2,5,12,15H2,1H3/t22-/m1/s1. The molecule has 1 atom stereocenters. The second-order valence-electron chi connectivity index (χ2n) is 7.97. The quantitative estimate of drug-likeness (QED) is 0.570. The lowest BCUT2D eigenvalue weighted by Gasteiger charge is -2.25. The molecule has 3 amide bonds. The zero-order valence-corrected chi connectivity index (χ0v) is 17.6. The molecule has 0 spiro atoms. The Labute approximate surface area is 185 Å². The predicted octanol–water partition coefficient (Wildman–Crippen LogP) is 4.06. The zero-order valence-electron chi connectivity index (χ0n) is 17.6. The van der Waals surface area contributed by atoms with Crippen molar-refractivity contribution in [2.75, 3.05) is 13.7 Å². The van der Waals surface area contributed by atoms with Crippen LogP contribution in [-0.4, -0.2) is 41.2 Å². The van der Waals surface area contributed by atoms with Crippen LogP contribution < -0.4 is 4.74 Å². The maximum absolute atomic E-state index is 13.4. The van der Waals surface area contributed by atoms with Gasteiger partial charge >= 0.3 is 0 Å². The van der Waals surface area contributed by atoms with E-state index in [-0.39, 0.29) is 30.0 Å². The predicted molar refractivity (Wildman–Crippen MR) is 115 cm³/mol. The molecular weight excluding hydrogens is 408 g/mol. The van der Waals surface area contributed by atoms with E-state index in [1.807, 2.05) is 29.2 Å². The molecule has 32 heavy (non-hydrogen) atoms. The fraction of sp³-hybridized carbons (Fsp3) is 0.240. The monoisotopic (exact) mass is 430 g/mol. The molecule has 0 radical (unpaired) electrons. The van der Waals surface area contributed by atoms with Gasteiger partial charge in [-0.05, 0) is 60.9 Å². The minimum atomic E-state index is -0.413. The van der Waals surface area contributed by atoms with Crippen LogP contribution >= 0.6 is 0 Å². The zero-order chi connectivity index (χ0) is 22.2. The number of carbonyl (C=O) groups is 3. The van der Waals surface area contributed by atoms with Crippen molar-refractivity contribution in [1.82, 2.24) is 9.80 Å². The smallest absolute Gasteiger partial charge is 0.261 e. The molecule has 5 rings (SSSR count). The summed E-state index contributed by atoms with van der Waals surface area (Å²) in [7, 11) is 1.62. The van der Waals surface area contributed by atoms with Crippen LogP contribution in [0.5, 0.6) is 5.75 Å². The number of carbonyl (C=O) groups excluding carboxylic acids is 3. The number of nitrogens with zero attached hydrogens (tertiary/aromatic N) is 2. The van der Waals surface area contributed by atoms with Crippen LogP contribution in [0.3, 0.4) is 0 Å². The second-order valence-corrected chi connectivity index (χ2v) is 7.97. The lowest BCUT2D eigenvalue weighted by atomic mass is 10.0. The van der Waals surface area contributed by atoms with Crippen LogP contribution in [-0.2, 0) is 6.54 Å². The van der Waals surface area contributed by atoms with Gasteiger partial charge in [-0.2, -0.15) is 0 Å². The summed E-state index contributed by atoms with van der Waals surface area (Å²) in [6, 6.07) is 15.9. The number of amides is 3. The van der Waals surface area contributed by atoms with Gasteiger partial charge in [0.15, 0.2) is 0 Å². The summed E-state index contributed by atoms with van der Waals surface area (Å²) in [6.45, 7) is 0.707. The van der Waals surface area contributed by atoms with E-state index in [1.54, 1.807) is 37.4 Å². The van der Waals surface area contributed by atoms with E-state index in [1.165, 1.54) is 6.26 Å². The molecular formula is C25H22N2O5. The Morgan fingerprint density at radius 1 is 1.06 bits per heavy atom. The highest BCUT2D eigenvalue weighted by Crippen LogP contribution is 2.34. The Hall–Kier alpha value is -3.87. The van der Waals surface area contributed by atoms with Gasteiger partial charge in [0, 0.05) is 12.1 Å². The van der Waals surface area contributed by atoms with E-state index >= 15 is 0 Å². The number of rotatable bonds is 5. The normalized spacial score (nSPS) is 17.7. The molecule has 0 unspecified atom stereocenters. The minimum absolute atomic E-state index is 0.0329. The first-order valence-corrected chi connectivity index (χ1v) is 10.5. The van der Waals surface area contributed by atoms with Crippen LogP contribution in [0.15, 0.2) is 65.3 Å². The van der Waals surface area contributed by atoms with Crippen molar-refractivity contribution >= 4 is 17.7 Å². The van der Waals surface area contributed by atoms with Gasteiger partial charge in [-0.1, -0.05) is 12.1 Å². The highest BCUT2D eigenvalue weighted by atomic mass is 16.5. The average Bonchev–Trinajstić information content (AvgIpc) is 3.57. The molecule has 2 aliphatic heterocycles. The molecule has 3 aromatic rings. The molecule has 1 aromatic heterocycles. The molecule has 162 valence electrons. The van der Waals surface area contributed by atoms with Crippen molar-refractivity contribution in [1.29, 1.82) is 0 Å². The highest BCUT2D eigenvalue weighted by molar-refractivity contribution is 6.22. The molecule has 7 heteroatoms. The molecule has 0 bridgehead atoms. The van der Waals surface area contributed by atoms with Crippen molar-refractivity contribution in [3.63, 3.8) is 0 Å². The van der Waals surface area contributed by atoms with Crippen LogP contribution in [0.25, 0.3) is 0 Å². The molecule has 3 heterocycles. The summed E-state index contributed by atoms with van der Waals surface area (Å²) in [5, 5.41) is 0. The van der Waals surface area contributed by atoms with E-state index < -0.39 is 5.91 Å². The molecule has 1 fully saturated rings. The van der Waals surface area contributed by atoms with Gasteiger partial charge < -0.3 is 14.1 Å². The van der Waals surface area contributed by atoms with Gasteiger partial charge in [-0.3, -0.25) is 19.3 Å². The minimum Gasteiger partial charge on any atom is -0.497 e. The third-order valence-electron chi connectivity index (χ3n) is 6.13. The van der Waals surface area contributed by atoms with Crippen LogP contribution in [0.1, 0.15) is 61.3 Å². The number of benzene rings is 2. The third kappa shape index (κ3) is 3.36. The number of hydrogen-bond acceptors (Lipinski definition) is 5. The van der Waals surface area contributed by atoms with E-state index in [0.717, 1.165) is 29.1 Å². The fourth-order valence-corrected chi connectivity index (χ4v) is 4.47. The Balaban J connectivity index is 1.39. The van der Waals surface area contributed by atoms with Gasteiger partial charge in [-0.15, -0.1) is 0 Å². The van der Waals surface area contributed by atoms with Crippen LogP contribution in [0, 0.1) is 0 Å². The van der Waals surface area contributed by atoms with Crippen molar-refractivity contribution in [2.24, 2.45) is 0 Å². The van der Waals surface area contributed by atoms with Gasteiger partial charge in [0.05, 0.1) is 37.1 Å². The van der Waals surface area contributed by atoms with Crippen molar-refractivity contribution < 1.29 is 23.5 Å². The first kappa shape index (κ1) is 20.1. The van der Waals surface area contributed by atoms with Gasteiger partial charge in [0.2, 0.25) is 0 Å². The molecule has 0 saturated carbocycles. The fourth-order valence-electron chi connectivity index (χ4n) is 4.47. The lowest BCUT2D eigenvalue weighted by Crippen LogP contribution is -2.30. The van der Waals surface area contributed by atoms with Gasteiger partial charge in [0.1, 0.15) is 11.5 Å². The number of fused-ring (bicyclic) bond motifs is 1. The summed E-state index contributed by atoms with van der Waals surface area (Å²) in [4.78, 5) is 42.0. The maximum atomic E-state index is 13.4. The SMILES string of the molecule is COc1ccc([C@H]2CCCN2C(=O)c2ccc3c(c2)C(=O)N(Cc2ccco2)C3=O)cc1. The Bertz CT molecular complexity index is 1180. The van der Waals surface area contributed by atoms with Crippen LogP contribution in [0.2, 0.25) is 0 Å². The number of hydrogen-bond donors (Lipinski definition) is 0. The van der Waals surface area contributed by atoms with E-state index in [2.05, 4.69) is 0 Å². The van der Waals surface area contributed by atoms with E-state index in [9.17, 15) is 14.4 Å². The molecule has 2 aromatic carbocycles. The molecule has 0 aliphatic carbocycles. The first-order chi connectivity index (χ1) is 15.6. The number of imide groups is 1. The van der Waals surface area contributed by atoms with Crippen molar-refractivity contribution in [3.8, 4) is 5.75 Å². The summed E-state index contributed by atoms with van der Waals surface area (Å²) in [5.74, 6) is 0.360. The van der Waals surface area contributed by atoms with Crippen molar-refractivity contribution in [2.45, 2.75) is 25.4 Å².